The number of furan rings is 1. The van der Waals surface area contributed by atoms with Crippen molar-refractivity contribution in [3.05, 3.63) is 29.7 Å². The topological polar surface area (TPSA) is 82.2 Å². The van der Waals surface area contributed by atoms with Crippen LogP contribution in [0, 0.1) is 0 Å². The summed E-state index contributed by atoms with van der Waals surface area (Å²) in [5.74, 6) is 0.326. The van der Waals surface area contributed by atoms with E-state index < -0.39 is 5.91 Å². The lowest BCUT2D eigenvalue weighted by Crippen LogP contribution is -2.28. The molecular weight excluding hydrogens is 180 g/mol. The molecule has 1 aromatic rings. The fraction of sp³-hybridized carbons (Fsp3) is 0.300. The van der Waals surface area contributed by atoms with E-state index in [1.165, 1.54) is 0 Å². The van der Waals surface area contributed by atoms with Crippen LogP contribution in [0.2, 0.25) is 0 Å². The van der Waals surface area contributed by atoms with Crippen molar-refractivity contribution in [2.24, 2.45) is 11.5 Å². The summed E-state index contributed by atoms with van der Waals surface area (Å²) in [7, 11) is 0. The van der Waals surface area contributed by atoms with E-state index in [2.05, 4.69) is 0 Å². The van der Waals surface area contributed by atoms with E-state index in [0.29, 0.717) is 0 Å². The maximum atomic E-state index is 10.6. The predicted molar refractivity (Wildman–Crippen MR) is 54.1 cm³/mol. The van der Waals surface area contributed by atoms with Crippen LogP contribution in [0.3, 0.4) is 0 Å². The molecule has 1 atom stereocenters. The highest BCUT2D eigenvalue weighted by atomic mass is 16.3. The molecule has 14 heavy (non-hydrogen) atoms. The van der Waals surface area contributed by atoms with E-state index in [9.17, 15) is 4.79 Å². The maximum absolute atomic E-state index is 10.6. The summed E-state index contributed by atoms with van der Waals surface area (Å²) < 4.78 is 5.11. The largest absolute Gasteiger partial charge is 0.465 e. The summed E-state index contributed by atoms with van der Waals surface area (Å²) in [4.78, 5) is 10.6. The molecule has 0 radical (unpaired) electrons. The van der Waals surface area contributed by atoms with Crippen LogP contribution in [0.25, 0.3) is 6.08 Å². The lowest BCUT2D eigenvalue weighted by Gasteiger charge is -2.08. The molecule has 1 rings (SSSR count). The van der Waals surface area contributed by atoms with Crippen molar-refractivity contribution in [2.75, 3.05) is 0 Å². The molecular formula is C10H14N2O2. The lowest BCUT2D eigenvalue weighted by atomic mass is 10.1. The molecule has 0 aliphatic rings. The zero-order valence-electron chi connectivity index (χ0n) is 8.07. The summed E-state index contributed by atoms with van der Waals surface area (Å²) in [6.45, 7) is 1.84. The SMILES string of the molecule is C/C(=C\c1ccco1)C(N)CC(N)=O. The zero-order chi connectivity index (χ0) is 10.6. The third-order valence-electron chi connectivity index (χ3n) is 1.92. The van der Waals surface area contributed by atoms with Crippen LogP contribution in [0.15, 0.2) is 28.4 Å². The first-order valence-corrected chi connectivity index (χ1v) is 4.35. The van der Waals surface area contributed by atoms with Gasteiger partial charge in [0.05, 0.1) is 6.26 Å². The maximum Gasteiger partial charge on any atom is 0.219 e. The summed E-state index contributed by atoms with van der Waals surface area (Å²) in [6.07, 6.45) is 3.54. The van der Waals surface area contributed by atoms with Gasteiger partial charge in [0.15, 0.2) is 0 Å². The van der Waals surface area contributed by atoms with Gasteiger partial charge in [-0.05, 0) is 25.1 Å². The smallest absolute Gasteiger partial charge is 0.219 e. The highest BCUT2D eigenvalue weighted by Gasteiger charge is 2.08. The minimum atomic E-state index is -0.398. The van der Waals surface area contributed by atoms with Crippen LogP contribution in [0.4, 0.5) is 0 Å². The van der Waals surface area contributed by atoms with Gasteiger partial charge in [0, 0.05) is 12.5 Å². The molecule has 0 fully saturated rings. The molecule has 0 aliphatic heterocycles. The highest BCUT2D eigenvalue weighted by molar-refractivity contribution is 5.75. The number of rotatable bonds is 4. The molecule has 1 aromatic heterocycles. The number of hydrogen-bond donors (Lipinski definition) is 2. The predicted octanol–water partition coefficient (Wildman–Crippen LogP) is 0.886. The molecule has 0 bridgehead atoms. The van der Waals surface area contributed by atoms with E-state index in [1.54, 1.807) is 18.4 Å². The minimum absolute atomic E-state index is 0.156. The Balaban J connectivity index is 2.64. The molecule has 0 aliphatic carbocycles. The second-order valence-corrected chi connectivity index (χ2v) is 3.18. The van der Waals surface area contributed by atoms with Crippen LogP contribution in [0.5, 0.6) is 0 Å². The van der Waals surface area contributed by atoms with Gasteiger partial charge in [-0.2, -0.15) is 0 Å². The third kappa shape index (κ3) is 3.06. The molecule has 76 valence electrons. The minimum Gasteiger partial charge on any atom is -0.465 e. The molecule has 0 aromatic carbocycles. The number of carbonyl (C=O) groups excluding carboxylic acids is 1. The Labute approximate surface area is 82.6 Å². The van der Waals surface area contributed by atoms with Gasteiger partial charge in [0.2, 0.25) is 5.91 Å². The molecule has 0 saturated carbocycles. The monoisotopic (exact) mass is 194 g/mol. The Morgan fingerprint density at radius 1 is 1.71 bits per heavy atom. The van der Waals surface area contributed by atoms with E-state index in [0.717, 1.165) is 11.3 Å². The number of amides is 1. The Morgan fingerprint density at radius 3 is 2.93 bits per heavy atom. The van der Waals surface area contributed by atoms with Gasteiger partial charge in [-0.25, -0.2) is 0 Å². The van der Waals surface area contributed by atoms with Crippen molar-refractivity contribution in [1.82, 2.24) is 0 Å². The Kier molecular flexibility index (Phi) is 3.48. The van der Waals surface area contributed by atoms with Crippen molar-refractivity contribution in [3.63, 3.8) is 0 Å². The van der Waals surface area contributed by atoms with Crippen LogP contribution in [-0.4, -0.2) is 11.9 Å². The number of carbonyl (C=O) groups is 1. The molecule has 0 saturated heterocycles. The first-order valence-electron chi connectivity index (χ1n) is 4.35. The standard InChI is InChI=1S/C10H14N2O2/c1-7(9(11)6-10(12)13)5-8-3-2-4-14-8/h2-5,9H,6,11H2,1H3,(H2,12,13)/b7-5+. The lowest BCUT2D eigenvalue weighted by molar-refractivity contribution is -0.118. The van der Waals surface area contributed by atoms with Crippen LogP contribution in [0.1, 0.15) is 19.1 Å². The Hall–Kier alpha value is -1.55. The molecule has 1 unspecified atom stereocenters. The normalized spacial score (nSPS) is 14.0. The van der Waals surface area contributed by atoms with Crippen LogP contribution < -0.4 is 11.5 Å². The summed E-state index contributed by atoms with van der Waals surface area (Å²) >= 11 is 0. The van der Waals surface area contributed by atoms with Gasteiger partial charge in [-0.15, -0.1) is 0 Å². The molecule has 4 nitrogen and oxygen atoms in total. The Bertz CT molecular complexity index is 328. The number of nitrogens with two attached hydrogens (primary N) is 2. The van der Waals surface area contributed by atoms with Gasteiger partial charge >= 0.3 is 0 Å². The summed E-state index contributed by atoms with van der Waals surface area (Å²) in [6, 6.07) is 3.27. The van der Waals surface area contributed by atoms with Crippen molar-refractivity contribution >= 4 is 12.0 Å². The molecule has 4 N–H and O–H groups in total. The van der Waals surface area contributed by atoms with Gasteiger partial charge in [0.1, 0.15) is 5.76 Å². The van der Waals surface area contributed by atoms with Gasteiger partial charge < -0.3 is 15.9 Å². The fourth-order valence-electron chi connectivity index (χ4n) is 1.08. The zero-order valence-corrected chi connectivity index (χ0v) is 8.07. The molecule has 1 heterocycles. The number of primary amides is 1. The second kappa shape index (κ2) is 4.62. The van der Waals surface area contributed by atoms with Crippen molar-refractivity contribution < 1.29 is 9.21 Å². The highest BCUT2D eigenvalue weighted by Crippen LogP contribution is 2.10. The first-order chi connectivity index (χ1) is 6.59. The first kappa shape index (κ1) is 10.5. The fourth-order valence-corrected chi connectivity index (χ4v) is 1.08. The van der Waals surface area contributed by atoms with E-state index in [4.69, 9.17) is 15.9 Å². The van der Waals surface area contributed by atoms with E-state index in [1.807, 2.05) is 13.0 Å². The number of hydrogen-bond acceptors (Lipinski definition) is 3. The van der Waals surface area contributed by atoms with Crippen molar-refractivity contribution in [2.45, 2.75) is 19.4 Å². The van der Waals surface area contributed by atoms with Crippen molar-refractivity contribution in [3.8, 4) is 0 Å². The Morgan fingerprint density at radius 2 is 2.43 bits per heavy atom. The van der Waals surface area contributed by atoms with E-state index in [-0.39, 0.29) is 12.5 Å². The average Bonchev–Trinajstić information content (AvgIpc) is 2.55. The van der Waals surface area contributed by atoms with Crippen LogP contribution >= 0.6 is 0 Å². The van der Waals surface area contributed by atoms with Gasteiger partial charge in [-0.1, -0.05) is 5.57 Å². The van der Waals surface area contributed by atoms with Crippen LogP contribution in [-0.2, 0) is 4.79 Å². The third-order valence-corrected chi connectivity index (χ3v) is 1.92. The molecule has 4 heteroatoms. The summed E-state index contributed by atoms with van der Waals surface area (Å²) in [5.41, 5.74) is 11.6. The summed E-state index contributed by atoms with van der Waals surface area (Å²) in [5, 5.41) is 0. The molecule has 1 amide bonds. The van der Waals surface area contributed by atoms with Crippen molar-refractivity contribution in [1.29, 1.82) is 0 Å². The molecule has 0 spiro atoms. The quantitative estimate of drug-likeness (QED) is 0.746. The second-order valence-electron chi connectivity index (χ2n) is 3.18. The van der Waals surface area contributed by atoms with E-state index >= 15 is 0 Å². The average molecular weight is 194 g/mol. The van der Waals surface area contributed by atoms with Gasteiger partial charge in [0.25, 0.3) is 0 Å². The van der Waals surface area contributed by atoms with Gasteiger partial charge in [-0.3, -0.25) is 4.79 Å².